The number of aryl methyl sites for hydroxylation is 1. The van der Waals surface area contributed by atoms with Gasteiger partial charge in [-0.2, -0.15) is 0 Å². The molecule has 0 aliphatic heterocycles. The number of ether oxygens (including phenoxy) is 1. The Labute approximate surface area is 175 Å². The van der Waals surface area contributed by atoms with Crippen molar-refractivity contribution in [3.8, 4) is 17.2 Å². The number of amides is 1. The molecule has 2 heterocycles. The Kier molecular flexibility index (Phi) is 5.77. The van der Waals surface area contributed by atoms with Crippen LogP contribution in [0.25, 0.3) is 21.7 Å². The Morgan fingerprint density at radius 2 is 2.03 bits per heavy atom. The monoisotopic (exact) mass is 426 g/mol. The van der Waals surface area contributed by atoms with Crippen molar-refractivity contribution in [3.05, 3.63) is 48.0 Å². The predicted octanol–water partition coefficient (Wildman–Crippen LogP) is 4.78. The smallest absolute Gasteiger partial charge is 0.277 e. The minimum Gasteiger partial charge on any atom is -0.494 e. The summed E-state index contributed by atoms with van der Waals surface area (Å²) in [5, 5.41) is 11.8. The first-order valence-corrected chi connectivity index (χ1v) is 10.8. The van der Waals surface area contributed by atoms with Gasteiger partial charge in [0.2, 0.25) is 11.8 Å². The number of hydrogen-bond acceptors (Lipinski definition) is 8. The first kappa shape index (κ1) is 19.4. The molecule has 148 valence electrons. The summed E-state index contributed by atoms with van der Waals surface area (Å²) in [5.41, 5.74) is 2.83. The van der Waals surface area contributed by atoms with E-state index in [0.29, 0.717) is 22.9 Å². The van der Waals surface area contributed by atoms with E-state index in [0.717, 1.165) is 27.1 Å². The number of hydrogen-bond donors (Lipinski definition) is 1. The van der Waals surface area contributed by atoms with Crippen molar-refractivity contribution in [1.29, 1.82) is 0 Å². The van der Waals surface area contributed by atoms with Gasteiger partial charge < -0.3 is 14.5 Å². The molecule has 29 heavy (non-hydrogen) atoms. The highest BCUT2D eigenvalue weighted by atomic mass is 32.2. The molecule has 0 saturated heterocycles. The minimum absolute atomic E-state index is 0.153. The zero-order valence-electron chi connectivity index (χ0n) is 15.8. The molecule has 7 nitrogen and oxygen atoms in total. The molecule has 2 aromatic carbocycles. The molecule has 4 aromatic rings. The molecule has 2 aromatic heterocycles. The molecular weight excluding hydrogens is 408 g/mol. The molecule has 0 fully saturated rings. The van der Waals surface area contributed by atoms with Crippen LogP contribution in [0.1, 0.15) is 12.5 Å². The number of aromatic nitrogens is 3. The van der Waals surface area contributed by atoms with Gasteiger partial charge in [-0.05, 0) is 55.8 Å². The molecule has 0 radical (unpaired) electrons. The second-order valence-electron chi connectivity index (χ2n) is 6.16. The summed E-state index contributed by atoms with van der Waals surface area (Å²) >= 11 is 2.64. The van der Waals surface area contributed by atoms with Crippen LogP contribution in [0.3, 0.4) is 0 Å². The molecule has 0 saturated carbocycles. The summed E-state index contributed by atoms with van der Waals surface area (Å²) in [6, 6.07) is 13.4. The lowest BCUT2D eigenvalue weighted by atomic mass is 10.2. The third-order valence-corrected chi connectivity index (χ3v) is 5.69. The normalized spacial score (nSPS) is 11.0. The fraction of sp³-hybridized carbons (Fsp3) is 0.200. The molecule has 1 amide bonds. The van der Waals surface area contributed by atoms with Crippen LogP contribution in [0.5, 0.6) is 5.75 Å². The lowest BCUT2D eigenvalue weighted by Crippen LogP contribution is -2.13. The van der Waals surface area contributed by atoms with Gasteiger partial charge in [0.05, 0.1) is 22.6 Å². The van der Waals surface area contributed by atoms with Crippen molar-refractivity contribution in [2.75, 3.05) is 17.7 Å². The second kappa shape index (κ2) is 8.62. The molecule has 0 spiro atoms. The number of nitrogens with one attached hydrogen (secondary N) is 1. The number of carbonyl (C=O) groups is 1. The maximum Gasteiger partial charge on any atom is 0.277 e. The van der Waals surface area contributed by atoms with Crippen molar-refractivity contribution < 1.29 is 13.9 Å². The van der Waals surface area contributed by atoms with Gasteiger partial charge >= 0.3 is 0 Å². The van der Waals surface area contributed by atoms with Gasteiger partial charge in [-0.25, -0.2) is 4.98 Å². The summed E-state index contributed by atoms with van der Waals surface area (Å²) in [7, 11) is 0. The molecule has 0 unspecified atom stereocenters. The number of thiazole rings is 1. The maximum absolute atomic E-state index is 12.2. The van der Waals surface area contributed by atoms with Gasteiger partial charge in [-0.3, -0.25) is 4.79 Å². The lowest BCUT2D eigenvalue weighted by Gasteiger charge is -2.02. The average molecular weight is 427 g/mol. The molecule has 0 aliphatic carbocycles. The number of thioether (sulfide) groups is 1. The summed E-state index contributed by atoms with van der Waals surface area (Å²) < 4.78 is 12.1. The van der Waals surface area contributed by atoms with E-state index in [1.54, 1.807) is 0 Å². The Balaban J connectivity index is 1.34. The van der Waals surface area contributed by atoms with Crippen LogP contribution in [0.2, 0.25) is 0 Å². The van der Waals surface area contributed by atoms with Crippen LogP contribution in [0.15, 0.2) is 52.1 Å². The third kappa shape index (κ3) is 4.75. The van der Waals surface area contributed by atoms with Gasteiger partial charge in [-0.1, -0.05) is 29.2 Å². The highest BCUT2D eigenvalue weighted by Crippen LogP contribution is 2.28. The fourth-order valence-electron chi connectivity index (χ4n) is 2.61. The third-order valence-electron chi connectivity index (χ3n) is 3.94. The first-order valence-electron chi connectivity index (χ1n) is 8.97. The molecule has 4 rings (SSSR count). The van der Waals surface area contributed by atoms with Gasteiger partial charge in [0.25, 0.3) is 5.22 Å². The predicted molar refractivity (Wildman–Crippen MR) is 115 cm³/mol. The standard InChI is InChI=1S/C20H18N4O3S2/c1-3-26-14-7-5-13(6-8-14)18-23-24-20(27-18)28-11-17(25)22-19-21-15-9-4-12(2)10-16(15)29-19/h4-10H,3,11H2,1-2H3,(H,21,22,25). The van der Waals surface area contributed by atoms with Crippen LogP contribution in [-0.4, -0.2) is 33.4 Å². The topological polar surface area (TPSA) is 90.1 Å². The lowest BCUT2D eigenvalue weighted by molar-refractivity contribution is -0.113. The number of carbonyl (C=O) groups excluding carboxylic acids is 1. The van der Waals surface area contributed by atoms with Gasteiger partial charge in [-0.15, -0.1) is 10.2 Å². The Morgan fingerprint density at radius 3 is 2.83 bits per heavy atom. The van der Waals surface area contributed by atoms with E-state index < -0.39 is 0 Å². The van der Waals surface area contributed by atoms with E-state index in [1.165, 1.54) is 23.1 Å². The molecule has 1 N–H and O–H groups in total. The van der Waals surface area contributed by atoms with Crippen molar-refractivity contribution in [3.63, 3.8) is 0 Å². The largest absolute Gasteiger partial charge is 0.494 e. The summed E-state index contributed by atoms with van der Waals surface area (Å²) in [6.07, 6.45) is 0. The first-order chi connectivity index (χ1) is 14.1. The number of rotatable bonds is 7. The van der Waals surface area contributed by atoms with E-state index in [-0.39, 0.29) is 11.7 Å². The highest BCUT2D eigenvalue weighted by molar-refractivity contribution is 7.99. The summed E-state index contributed by atoms with van der Waals surface area (Å²) in [4.78, 5) is 16.7. The molecule has 0 atom stereocenters. The number of nitrogens with zero attached hydrogens (tertiary/aromatic N) is 3. The van der Waals surface area contributed by atoms with Crippen molar-refractivity contribution >= 4 is 44.4 Å². The van der Waals surface area contributed by atoms with Crippen LogP contribution in [-0.2, 0) is 4.79 Å². The van der Waals surface area contributed by atoms with E-state index in [2.05, 4.69) is 26.6 Å². The zero-order chi connectivity index (χ0) is 20.2. The van der Waals surface area contributed by atoms with Gasteiger partial charge in [0.1, 0.15) is 5.75 Å². The maximum atomic E-state index is 12.2. The van der Waals surface area contributed by atoms with Crippen LogP contribution in [0, 0.1) is 6.92 Å². The minimum atomic E-state index is -0.174. The van der Waals surface area contributed by atoms with E-state index >= 15 is 0 Å². The van der Waals surface area contributed by atoms with E-state index in [1.807, 2.05) is 50.2 Å². The van der Waals surface area contributed by atoms with E-state index in [9.17, 15) is 4.79 Å². The number of fused-ring (bicyclic) bond motifs is 1. The van der Waals surface area contributed by atoms with Crippen LogP contribution >= 0.6 is 23.1 Å². The number of anilines is 1. The summed E-state index contributed by atoms with van der Waals surface area (Å²) in [5.74, 6) is 1.16. The Bertz CT molecular complexity index is 1140. The van der Waals surface area contributed by atoms with Crippen molar-refractivity contribution in [2.24, 2.45) is 0 Å². The second-order valence-corrected chi connectivity index (χ2v) is 8.11. The molecule has 0 bridgehead atoms. The van der Waals surface area contributed by atoms with Crippen LogP contribution < -0.4 is 10.1 Å². The SMILES string of the molecule is CCOc1ccc(-c2nnc(SCC(=O)Nc3nc4ccc(C)cc4s3)o2)cc1. The molecule has 0 aliphatic rings. The van der Waals surface area contributed by atoms with E-state index in [4.69, 9.17) is 9.15 Å². The van der Waals surface area contributed by atoms with Gasteiger partial charge in [0, 0.05) is 5.56 Å². The summed E-state index contributed by atoms with van der Waals surface area (Å²) in [6.45, 7) is 4.57. The number of benzene rings is 2. The highest BCUT2D eigenvalue weighted by Gasteiger charge is 2.13. The average Bonchev–Trinajstić information content (AvgIpc) is 3.33. The quantitative estimate of drug-likeness (QED) is 0.425. The van der Waals surface area contributed by atoms with Crippen LogP contribution in [0.4, 0.5) is 5.13 Å². The zero-order valence-corrected chi connectivity index (χ0v) is 17.5. The Morgan fingerprint density at radius 1 is 1.21 bits per heavy atom. The molecular formula is C20H18N4O3S2. The molecule has 9 heteroatoms. The fourth-order valence-corrected chi connectivity index (χ4v) is 4.16. The Hall–Kier alpha value is -2.91. The van der Waals surface area contributed by atoms with Crippen molar-refractivity contribution in [1.82, 2.24) is 15.2 Å². The van der Waals surface area contributed by atoms with Gasteiger partial charge in [0.15, 0.2) is 5.13 Å². The van der Waals surface area contributed by atoms with Crippen molar-refractivity contribution in [2.45, 2.75) is 19.1 Å².